The number of aromatic amines is 1. The summed E-state index contributed by atoms with van der Waals surface area (Å²) in [7, 11) is 0. The van der Waals surface area contributed by atoms with Crippen LogP contribution >= 0.6 is 22.6 Å². The lowest BCUT2D eigenvalue weighted by atomic mass is 9.79. The fraction of sp³-hybridized carbons (Fsp3) is 0.667. The molecule has 6 heteroatoms. The third kappa shape index (κ3) is 3.23. The van der Waals surface area contributed by atoms with E-state index >= 15 is 0 Å². The molecule has 0 amide bonds. The number of nitrogens with one attached hydrogen (secondary N) is 2. The summed E-state index contributed by atoms with van der Waals surface area (Å²) in [5.41, 5.74) is -0.822. The first-order valence-corrected chi connectivity index (χ1v) is 7.27. The normalized spacial score (nSPS) is 28.1. The van der Waals surface area contributed by atoms with Crippen molar-refractivity contribution in [3.05, 3.63) is 20.3 Å². The summed E-state index contributed by atoms with van der Waals surface area (Å²) in [6, 6.07) is 0. The van der Waals surface area contributed by atoms with Gasteiger partial charge in [0, 0.05) is 6.54 Å². The second kappa shape index (κ2) is 5.56. The number of H-pyrrole nitrogens is 1. The Bertz CT molecular complexity index is 467. The summed E-state index contributed by atoms with van der Waals surface area (Å²) in [5.74, 6) is 1.24. The van der Waals surface area contributed by atoms with Crippen molar-refractivity contribution in [1.29, 1.82) is 0 Å². The molecule has 0 unspecified atom stereocenters. The Morgan fingerprint density at radius 3 is 2.94 bits per heavy atom. The van der Waals surface area contributed by atoms with E-state index in [2.05, 4.69) is 22.2 Å². The second-order valence-corrected chi connectivity index (χ2v) is 6.23. The van der Waals surface area contributed by atoms with E-state index in [4.69, 9.17) is 0 Å². The van der Waals surface area contributed by atoms with Crippen LogP contribution in [0.5, 0.6) is 0 Å². The van der Waals surface area contributed by atoms with Gasteiger partial charge >= 0.3 is 0 Å². The van der Waals surface area contributed by atoms with Crippen LogP contribution in [0.15, 0.2) is 11.1 Å². The first-order chi connectivity index (χ1) is 8.50. The largest absolute Gasteiger partial charge is 0.388 e. The average Bonchev–Trinajstić information content (AvgIpc) is 2.35. The summed E-state index contributed by atoms with van der Waals surface area (Å²) in [6.07, 6.45) is 5.10. The van der Waals surface area contributed by atoms with Gasteiger partial charge in [0.2, 0.25) is 0 Å². The van der Waals surface area contributed by atoms with E-state index in [0.717, 1.165) is 25.7 Å². The van der Waals surface area contributed by atoms with Crippen molar-refractivity contribution in [3.63, 3.8) is 0 Å². The maximum Gasteiger partial charge on any atom is 0.266 e. The third-order valence-corrected chi connectivity index (χ3v) is 4.59. The minimum Gasteiger partial charge on any atom is -0.388 e. The number of hydrogen-bond donors (Lipinski definition) is 3. The molecule has 1 aromatic rings. The van der Waals surface area contributed by atoms with Gasteiger partial charge in [0.05, 0.1) is 11.9 Å². The Hall–Kier alpha value is -0.630. The molecule has 0 atom stereocenters. The van der Waals surface area contributed by atoms with Crippen LogP contribution in [-0.4, -0.2) is 27.2 Å². The van der Waals surface area contributed by atoms with Crippen LogP contribution in [0.1, 0.15) is 32.6 Å². The van der Waals surface area contributed by atoms with Crippen molar-refractivity contribution in [2.75, 3.05) is 11.9 Å². The van der Waals surface area contributed by atoms with E-state index in [1.54, 1.807) is 0 Å². The number of aromatic nitrogens is 2. The summed E-state index contributed by atoms with van der Waals surface area (Å²) < 4.78 is 0.530. The summed E-state index contributed by atoms with van der Waals surface area (Å²) in [4.78, 5) is 18.0. The number of hydrogen-bond acceptors (Lipinski definition) is 4. The fourth-order valence-electron chi connectivity index (χ4n) is 2.23. The highest BCUT2D eigenvalue weighted by Crippen LogP contribution is 2.31. The van der Waals surface area contributed by atoms with Crippen LogP contribution in [0.25, 0.3) is 0 Å². The lowest BCUT2D eigenvalue weighted by molar-refractivity contribution is 0.00493. The zero-order chi connectivity index (χ0) is 13.2. The monoisotopic (exact) mass is 363 g/mol. The van der Waals surface area contributed by atoms with Gasteiger partial charge in [-0.05, 0) is 54.2 Å². The number of rotatable bonds is 3. The second-order valence-electron chi connectivity index (χ2n) is 5.15. The van der Waals surface area contributed by atoms with Crippen molar-refractivity contribution in [2.45, 2.75) is 38.2 Å². The lowest BCUT2D eigenvalue weighted by Gasteiger charge is -2.35. The van der Waals surface area contributed by atoms with Crippen LogP contribution in [0.2, 0.25) is 0 Å². The number of nitrogens with zero attached hydrogens (tertiary/aromatic N) is 1. The van der Waals surface area contributed by atoms with E-state index in [1.807, 2.05) is 22.6 Å². The molecular formula is C12H18IN3O2. The van der Waals surface area contributed by atoms with Gasteiger partial charge in [-0.25, -0.2) is 4.98 Å². The number of anilines is 1. The quantitative estimate of drug-likeness (QED) is 0.715. The highest BCUT2D eigenvalue weighted by molar-refractivity contribution is 14.1. The minimum absolute atomic E-state index is 0.155. The molecule has 0 aliphatic heterocycles. The Morgan fingerprint density at radius 1 is 1.61 bits per heavy atom. The van der Waals surface area contributed by atoms with Crippen LogP contribution in [-0.2, 0) is 0 Å². The number of aliphatic hydroxyl groups is 1. The lowest BCUT2D eigenvalue weighted by Crippen LogP contribution is -2.40. The molecule has 1 aliphatic rings. The zero-order valence-corrected chi connectivity index (χ0v) is 12.5. The summed E-state index contributed by atoms with van der Waals surface area (Å²) in [5, 5.41) is 13.5. The molecule has 1 saturated carbocycles. The van der Waals surface area contributed by atoms with Crippen LogP contribution in [0, 0.1) is 9.49 Å². The molecule has 1 aliphatic carbocycles. The van der Waals surface area contributed by atoms with Gasteiger partial charge in [-0.3, -0.25) is 4.79 Å². The summed E-state index contributed by atoms with van der Waals surface area (Å²) >= 11 is 1.96. The molecule has 0 saturated heterocycles. The maximum absolute atomic E-state index is 11.4. The maximum atomic E-state index is 11.4. The number of halogens is 1. The predicted molar refractivity (Wildman–Crippen MR) is 78.6 cm³/mol. The molecule has 0 radical (unpaired) electrons. The Balaban J connectivity index is 1.99. The first-order valence-electron chi connectivity index (χ1n) is 6.20. The SMILES string of the molecule is CC1CCC(O)(CNc2nc[nH]c(=O)c2I)CC1. The van der Waals surface area contributed by atoms with Gasteiger partial charge in [0.15, 0.2) is 0 Å². The smallest absolute Gasteiger partial charge is 0.266 e. The predicted octanol–water partition coefficient (Wildman–Crippen LogP) is 1.73. The molecule has 0 aromatic carbocycles. The topological polar surface area (TPSA) is 78.0 Å². The van der Waals surface area contributed by atoms with E-state index in [-0.39, 0.29) is 5.56 Å². The Labute approximate surface area is 120 Å². The van der Waals surface area contributed by atoms with E-state index in [0.29, 0.717) is 21.9 Å². The molecule has 1 fully saturated rings. The van der Waals surface area contributed by atoms with Gasteiger partial charge in [0.1, 0.15) is 9.39 Å². The molecule has 18 heavy (non-hydrogen) atoms. The zero-order valence-electron chi connectivity index (χ0n) is 10.4. The molecule has 2 rings (SSSR count). The van der Waals surface area contributed by atoms with Gasteiger partial charge in [0.25, 0.3) is 5.56 Å². The Morgan fingerprint density at radius 2 is 2.28 bits per heavy atom. The van der Waals surface area contributed by atoms with Gasteiger partial charge in [-0.2, -0.15) is 0 Å². The van der Waals surface area contributed by atoms with Crippen molar-refractivity contribution >= 4 is 28.4 Å². The first kappa shape index (κ1) is 13.8. The molecule has 100 valence electrons. The molecule has 3 N–H and O–H groups in total. The highest BCUT2D eigenvalue weighted by atomic mass is 127. The minimum atomic E-state index is -0.667. The molecule has 0 spiro atoms. The summed E-state index contributed by atoms with van der Waals surface area (Å²) in [6.45, 7) is 2.67. The van der Waals surface area contributed by atoms with Crippen molar-refractivity contribution in [3.8, 4) is 0 Å². The molecule has 1 heterocycles. The van der Waals surface area contributed by atoms with Gasteiger partial charge < -0.3 is 15.4 Å². The van der Waals surface area contributed by atoms with Crippen molar-refractivity contribution in [2.24, 2.45) is 5.92 Å². The fourth-order valence-corrected chi connectivity index (χ4v) is 2.72. The molecule has 5 nitrogen and oxygen atoms in total. The molecule has 1 aromatic heterocycles. The molecule has 0 bridgehead atoms. The molecular weight excluding hydrogens is 345 g/mol. The van der Waals surface area contributed by atoms with E-state index in [1.165, 1.54) is 6.33 Å². The average molecular weight is 363 g/mol. The highest BCUT2D eigenvalue weighted by Gasteiger charge is 2.31. The van der Waals surface area contributed by atoms with Crippen LogP contribution < -0.4 is 10.9 Å². The van der Waals surface area contributed by atoms with E-state index in [9.17, 15) is 9.90 Å². The third-order valence-electron chi connectivity index (χ3n) is 3.59. The van der Waals surface area contributed by atoms with Crippen LogP contribution in [0.4, 0.5) is 5.82 Å². The van der Waals surface area contributed by atoms with Gasteiger partial charge in [-0.15, -0.1) is 0 Å². The van der Waals surface area contributed by atoms with Crippen molar-refractivity contribution in [1.82, 2.24) is 9.97 Å². The standard InChI is InChI=1S/C12H18IN3O2/c1-8-2-4-12(18,5-3-8)6-14-10-9(13)11(17)16-7-15-10/h7-8,18H,2-6H2,1H3,(H2,14,15,16,17). The van der Waals surface area contributed by atoms with Gasteiger partial charge in [-0.1, -0.05) is 6.92 Å². The Kier molecular flexibility index (Phi) is 4.26. The van der Waals surface area contributed by atoms with Crippen LogP contribution in [0.3, 0.4) is 0 Å². The van der Waals surface area contributed by atoms with E-state index < -0.39 is 5.60 Å². The van der Waals surface area contributed by atoms with Crippen molar-refractivity contribution < 1.29 is 5.11 Å².